The number of hydrogen-bond donors (Lipinski definition) is 1. The quantitative estimate of drug-likeness (QED) is 0.822. The molecule has 0 fully saturated rings. The number of benzene rings is 1. The van der Waals surface area contributed by atoms with Crippen LogP contribution < -0.4 is 10.5 Å². The van der Waals surface area contributed by atoms with E-state index in [0.29, 0.717) is 17.4 Å². The average molecular weight is 229 g/mol. The van der Waals surface area contributed by atoms with E-state index in [0.717, 1.165) is 12.1 Å². The second-order valence-corrected chi connectivity index (χ2v) is 3.81. The lowest BCUT2D eigenvalue weighted by Crippen LogP contribution is -1.97. The SMILES string of the molecule is CCc1ccc(Oc2nccc(C)n2)c(N)c1. The summed E-state index contributed by atoms with van der Waals surface area (Å²) in [5.74, 6) is 0.591. The van der Waals surface area contributed by atoms with E-state index in [9.17, 15) is 0 Å². The van der Waals surface area contributed by atoms with Gasteiger partial charge in [-0.3, -0.25) is 0 Å². The molecule has 0 unspecified atom stereocenters. The molecule has 2 aromatic rings. The van der Waals surface area contributed by atoms with E-state index in [2.05, 4.69) is 16.9 Å². The Morgan fingerprint density at radius 2 is 2.12 bits per heavy atom. The van der Waals surface area contributed by atoms with Gasteiger partial charge < -0.3 is 10.5 Å². The molecule has 88 valence electrons. The molecule has 0 saturated carbocycles. The molecule has 0 bridgehead atoms. The number of nitrogen functional groups attached to an aromatic ring is 1. The Kier molecular flexibility index (Phi) is 3.23. The zero-order chi connectivity index (χ0) is 12.3. The van der Waals surface area contributed by atoms with E-state index in [4.69, 9.17) is 10.5 Å². The van der Waals surface area contributed by atoms with Crippen molar-refractivity contribution in [3.63, 3.8) is 0 Å². The minimum atomic E-state index is 0.320. The van der Waals surface area contributed by atoms with Crippen LogP contribution in [0.3, 0.4) is 0 Å². The molecule has 0 atom stereocenters. The molecule has 4 nitrogen and oxygen atoms in total. The van der Waals surface area contributed by atoms with Gasteiger partial charge >= 0.3 is 6.01 Å². The van der Waals surface area contributed by atoms with Gasteiger partial charge in [0.1, 0.15) is 0 Å². The van der Waals surface area contributed by atoms with Crippen molar-refractivity contribution in [2.75, 3.05) is 5.73 Å². The third-order valence-electron chi connectivity index (χ3n) is 2.46. The number of aryl methyl sites for hydroxylation is 2. The number of nitrogens with two attached hydrogens (primary N) is 1. The molecular weight excluding hydrogens is 214 g/mol. The van der Waals surface area contributed by atoms with E-state index in [-0.39, 0.29) is 0 Å². The fraction of sp³-hybridized carbons (Fsp3) is 0.231. The lowest BCUT2D eigenvalue weighted by Gasteiger charge is -2.08. The Bertz CT molecular complexity index is 526. The van der Waals surface area contributed by atoms with Crippen molar-refractivity contribution in [2.24, 2.45) is 0 Å². The summed E-state index contributed by atoms with van der Waals surface area (Å²) in [6, 6.07) is 7.88. The van der Waals surface area contributed by atoms with Crippen LogP contribution in [-0.4, -0.2) is 9.97 Å². The molecular formula is C13H15N3O. The van der Waals surface area contributed by atoms with Gasteiger partial charge in [-0.15, -0.1) is 0 Å². The summed E-state index contributed by atoms with van der Waals surface area (Å²) in [5.41, 5.74) is 8.55. The Labute approximate surface area is 100 Å². The van der Waals surface area contributed by atoms with Crippen LogP contribution in [0.15, 0.2) is 30.5 Å². The molecule has 1 heterocycles. The van der Waals surface area contributed by atoms with Gasteiger partial charge in [0.05, 0.1) is 5.69 Å². The van der Waals surface area contributed by atoms with Crippen LogP contribution >= 0.6 is 0 Å². The standard InChI is InChI=1S/C13H15N3O/c1-3-10-4-5-12(11(14)8-10)17-13-15-7-6-9(2)16-13/h4-8H,3,14H2,1-2H3. The third-order valence-corrected chi connectivity index (χ3v) is 2.46. The molecule has 2 rings (SSSR count). The van der Waals surface area contributed by atoms with Crippen LogP contribution in [0, 0.1) is 6.92 Å². The van der Waals surface area contributed by atoms with Gasteiger partial charge in [0.25, 0.3) is 0 Å². The van der Waals surface area contributed by atoms with Crippen LogP contribution in [-0.2, 0) is 6.42 Å². The first kappa shape index (κ1) is 11.4. The van der Waals surface area contributed by atoms with Gasteiger partial charge in [-0.1, -0.05) is 13.0 Å². The van der Waals surface area contributed by atoms with E-state index in [1.165, 1.54) is 5.56 Å². The summed E-state index contributed by atoms with van der Waals surface area (Å²) in [4.78, 5) is 8.19. The van der Waals surface area contributed by atoms with Crippen molar-refractivity contribution < 1.29 is 4.74 Å². The molecule has 0 aliphatic heterocycles. The molecule has 0 aliphatic carbocycles. The van der Waals surface area contributed by atoms with Crippen LogP contribution in [0.2, 0.25) is 0 Å². The number of anilines is 1. The molecule has 2 N–H and O–H groups in total. The number of hydrogen-bond acceptors (Lipinski definition) is 4. The number of aromatic nitrogens is 2. The van der Waals surface area contributed by atoms with Crippen molar-refractivity contribution in [1.29, 1.82) is 0 Å². The number of nitrogens with zero attached hydrogens (tertiary/aromatic N) is 2. The summed E-state index contributed by atoms with van der Waals surface area (Å²) in [6.45, 7) is 3.97. The predicted molar refractivity (Wildman–Crippen MR) is 67.1 cm³/mol. The lowest BCUT2D eigenvalue weighted by molar-refractivity contribution is 0.442. The van der Waals surface area contributed by atoms with Gasteiger partial charge in [0, 0.05) is 11.9 Å². The number of rotatable bonds is 3. The van der Waals surface area contributed by atoms with Crippen LogP contribution in [0.5, 0.6) is 11.8 Å². The third kappa shape index (κ3) is 2.72. The maximum atomic E-state index is 5.90. The van der Waals surface area contributed by atoms with Crippen molar-refractivity contribution in [3.8, 4) is 11.8 Å². The summed E-state index contributed by atoms with van der Waals surface area (Å²) in [7, 11) is 0. The highest BCUT2D eigenvalue weighted by molar-refractivity contribution is 5.55. The molecule has 0 saturated heterocycles. The highest BCUT2D eigenvalue weighted by Gasteiger charge is 2.05. The Hall–Kier alpha value is -2.10. The zero-order valence-corrected chi connectivity index (χ0v) is 9.97. The molecule has 17 heavy (non-hydrogen) atoms. The first-order valence-corrected chi connectivity index (χ1v) is 5.55. The lowest BCUT2D eigenvalue weighted by atomic mass is 10.1. The first-order valence-electron chi connectivity index (χ1n) is 5.55. The zero-order valence-electron chi connectivity index (χ0n) is 9.97. The smallest absolute Gasteiger partial charge is 0.322 e. The van der Waals surface area contributed by atoms with Crippen LogP contribution in [0.25, 0.3) is 0 Å². The minimum absolute atomic E-state index is 0.320. The molecule has 0 amide bonds. The van der Waals surface area contributed by atoms with E-state index in [1.54, 1.807) is 6.20 Å². The second kappa shape index (κ2) is 4.82. The Morgan fingerprint density at radius 1 is 1.29 bits per heavy atom. The summed E-state index contributed by atoms with van der Waals surface area (Å²) in [5, 5.41) is 0. The fourth-order valence-corrected chi connectivity index (χ4v) is 1.48. The van der Waals surface area contributed by atoms with E-state index >= 15 is 0 Å². The van der Waals surface area contributed by atoms with Crippen molar-refractivity contribution in [3.05, 3.63) is 41.7 Å². The molecule has 0 radical (unpaired) electrons. The summed E-state index contributed by atoms with van der Waals surface area (Å²) in [6.07, 6.45) is 2.61. The predicted octanol–water partition coefficient (Wildman–Crippen LogP) is 2.72. The second-order valence-electron chi connectivity index (χ2n) is 3.81. The normalized spacial score (nSPS) is 10.2. The van der Waals surface area contributed by atoms with Gasteiger partial charge in [0.2, 0.25) is 0 Å². The topological polar surface area (TPSA) is 61.0 Å². The summed E-state index contributed by atoms with van der Waals surface area (Å²) < 4.78 is 5.54. The first-order chi connectivity index (χ1) is 8.19. The van der Waals surface area contributed by atoms with E-state index in [1.807, 2.05) is 31.2 Å². The van der Waals surface area contributed by atoms with Gasteiger partial charge in [-0.25, -0.2) is 9.97 Å². The summed E-state index contributed by atoms with van der Waals surface area (Å²) >= 11 is 0. The highest BCUT2D eigenvalue weighted by Crippen LogP contribution is 2.26. The van der Waals surface area contributed by atoms with Crippen molar-refractivity contribution >= 4 is 5.69 Å². The monoisotopic (exact) mass is 229 g/mol. The molecule has 4 heteroatoms. The highest BCUT2D eigenvalue weighted by atomic mass is 16.5. The average Bonchev–Trinajstić information content (AvgIpc) is 2.32. The van der Waals surface area contributed by atoms with Crippen molar-refractivity contribution in [1.82, 2.24) is 9.97 Å². The maximum absolute atomic E-state index is 5.90. The molecule has 0 aliphatic rings. The van der Waals surface area contributed by atoms with Gasteiger partial charge in [0.15, 0.2) is 5.75 Å². The minimum Gasteiger partial charge on any atom is -0.422 e. The molecule has 1 aromatic heterocycles. The van der Waals surface area contributed by atoms with E-state index < -0.39 is 0 Å². The van der Waals surface area contributed by atoms with Gasteiger partial charge in [-0.05, 0) is 37.1 Å². The van der Waals surface area contributed by atoms with Crippen molar-refractivity contribution in [2.45, 2.75) is 20.3 Å². The van der Waals surface area contributed by atoms with Crippen LogP contribution in [0.1, 0.15) is 18.2 Å². The van der Waals surface area contributed by atoms with Gasteiger partial charge in [-0.2, -0.15) is 0 Å². The number of ether oxygens (including phenoxy) is 1. The maximum Gasteiger partial charge on any atom is 0.322 e. The fourth-order valence-electron chi connectivity index (χ4n) is 1.48. The largest absolute Gasteiger partial charge is 0.422 e. The Morgan fingerprint density at radius 3 is 2.76 bits per heavy atom. The molecule has 0 spiro atoms. The van der Waals surface area contributed by atoms with Crippen LogP contribution in [0.4, 0.5) is 5.69 Å². The Balaban J connectivity index is 2.24. The molecule has 1 aromatic carbocycles.